The van der Waals surface area contributed by atoms with E-state index in [2.05, 4.69) is 30.2 Å². The Balaban J connectivity index is 1.82. The first-order valence-corrected chi connectivity index (χ1v) is 8.11. The lowest BCUT2D eigenvalue weighted by atomic mass is 9.79. The van der Waals surface area contributed by atoms with Gasteiger partial charge in [-0.05, 0) is 43.9 Å². The minimum absolute atomic E-state index is 0.0424. The molecule has 3 rings (SSSR count). The molecule has 21 heavy (non-hydrogen) atoms. The number of rotatable bonds is 4. The van der Waals surface area contributed by atoms with Crippen LogP contribution in [-0.4, -0.2) is 37.0 Å². The standard InChI is InChI=1S/C17H26N2O2/c1-3-18-16(15-13(2)5-4-8-19-15)14-6-9-21-17(11-14)7-10-20-12-17/h4-5,8,14,16,18H,3,6-7,9-12H2,1-2H3. The van der Waals surface area contributed by atoms with Crippen LogP contribution in [0.3, 0.4) is 0 Å². The van der Waals surface area contributed by atoms with Crippen molar-refractivity contribution < 1.29 is 9.47 Å². The van der Waals surface area contributed by atoms with Crippen LogP contribution in [0.15, 0.2) is 18.3 Å². The molecule has 3 unspecified atom stereocenters. The van der Waals surface area contributed by atoms with E-state index in [9.17, 15) is 0 Å². The van der Waals surface area contributed by atoms with Gasteiger partial charge in [0.15, 0.2) is 0 Å². The smallest absolute Gasteiger partial charge is 0.0940 e. The lowest BCUT2D eigenvalue weighted by Gasteiger charge is -2.40. The van der Waals surface area contributed by atoms with Crippen molar-refractivity contribution in [1.29, 1.82) is 0 Å². The normalized spacial score (nSPS) is 30.7. The maximum Gasteiger partial charge on any atom is 0.0940 e. The van der Waals surface area contributed by atoms with Crippen molar-refractivity contribution in [3.8, 4) is 0 Å². The number of pyridine rings is 1. The molecule has 1 aromatic rings. The maximum atomic E-state index is 6.08. The SMILES string of the molecule is CCNC(c1ncccc1C)C1CCOC2(CCOC2)C1. The third-order valence-corrected chi connectivity index (χ3v) is 4.84. The van der Waals surface area contributed by atoms with Crippen LogP contribution in [-0.2, 0) is 9.47 Å². The summed E-state index contributed by atoms with van der Waals surface area (Å²) >= 11 is 0. The van der Waals surface area contributed by atoms with E-state index in [4.69, 9.17) is 9.47 Å². The summed E-state index contributed by atoms with van der Waals surface area (Å²) in [6.07, 6.45) is 5.10. The number of nitrogens with one attached hydrogen (secondary N) is 1. The Morgan fingerprint density at radius 3 is 3.10 bits per heavy atom. The highest BCUT2D eigenvalue weighted by atomic mass is 16.6. The largest absolute Gasteiger partial charge is 0.378 e. The lowest BCUT2D eigenvalue weighted by Crippen LogP contribution is -2.44. The molecule has 0 saturated carbocycles. The maximum absolute atomic E-state index is 6.08. The first-order valence-electron chi connectivity index (χ1n) is 8.11. The van der Waals surface area contributed by atoms with E-state index in [1.807, 2.05) is 12.3 Å². The quantitative estimate of drug-likeness (QED) is 0.926. The summed E-state index contributed by atoms with van der Waals surface area (Å²) in [5.41, 5.74) is 2.42. The Bertz CT molecular complexity index is 472. The molecule has 4 nitrogen and oxygen atoms in total. The van der Waals surface area contributed by atoms with E-state index >= 15 is 0 Å². The first kappa shape index (κ1) is 14.9. The van der Waals surface area contributed by atoms with Crippen LogP contribution in [0, 0.1) is 12.8 Å². The molecule has 2 aliphatic heterocycles. The fraction of sp³-hybridized carbons (Fsp3) is 0.706. The molecule has 3 atom stereocenters. The van der Waals surface area contributed by atoms with Gasteiger partial charge in [0.1, 0.15) is 0 Å². The zero-order chi connectivity index (χ0) is 14.7. The summed E-state index contributed by atoms with van der Waals surface area (Å²) in [4.78, 5) is 4.65. The molecule has 2 saturated heterocycles. The Labute approximate surface area is 127 Å². The Kier molecular flexibility index (Phi) is 4.57. The fourth-order valence-electron chi connectivity index (χ4n) is 3.74. The number of nitrogens with zero attached hydrogens (tertiary/aromatic N) is 1. The molecule has 1 spiro atoms. The number of ether oxygens (including phenoxy) is 2. The van der Waals surface area contributed by atoms with Crippen LogP contribution in [0.25, 0.3) is 0 Å². The first-order chi connectivity index (χ1) is 10.2. The van der Waals surface area contributed by atoms with Gasteiger partial charge in [-0.3, -0.25) is 4.98 Å². The van der Waals surface area contributed by atoms with Crippen LogP contribution >= 0.6 is 0 Å². The topological polar surface area (TPSA) is 43.4 Å². The molecule has 0 aliphatic carbocycles. The molecule has 3 heterocycles. The highest BCUT2D eigenvalue weighted by Gasteiger charge is 2.43. The highest BCUT2D eigenvalue weighted by Crippen LogP contribution is 2.41. The third-order valence-electron chi connectivity index (χ3n) is 4.84. The summed E-state index contributed by atoms with van der Waals surface area (Å²) in [7, 11) is 0. The van der Waals surface area contributed by atoms with Gasteiger partial charge in [-0.2, -0.15) is 0 Å². The summed E-state index contributed by atoms with van der Waals surface area (Å²) in [5.74, 6) is 0.564. The van der Waals surface area contributed by atoms with Crippen molar-refractivity contribution in [3.63, 3.8) is 0 Å². The van der Waals surface area contributed by atoms with Crippen LogP contribution in [0.4, 0.5) is 0 Å². The van der Waals surface area contributed by atoms with Crippen molar-refractivity contribution in [3.05, 3.63) is 29.6 Å². The van der Waals surface area contributed by atoms with Gasteiger partial charge in [0.25, 0.3) is 0 Å². The average molecular weight is 290 g/mol. The van der Waals surface area contributed by atoms with Crippen molar-refractivity contribution >= 4 is 0 Å². The van der Waals surface area contributed by atoms with Gasteiger partial charge in [0.2, 0.25) is 0 Å². The van der Waals surface area contributed by atoms with E-state index in [1.165, 1.54) is 11.3 Å². The van der Waals surface area contributed by atoms with Gasteiger partial charge in [0, 0.05) is 25.8 Å². The molecule has 4 heteroatoms. The number of aryl methyl sites for hydroxylation is 1. The van der Waals surface area contributed by atoms with E-state index in [0.29, 0.717) is 12.0 Å². The van der Waals surface area contributed by atoms with Gasteiger partial charge in [-0.1, -0.05) is 13.0 Å². The second-order valence-corrected chi connectivity index (χ2v) is 6.33. The number of hydrogen-bond donors (Lipinski definition) is 1. The number of aromatic nitrogens is 1. The third kappa shape index (κ3) is 3.12. The average Bonchev–Trinajstić information content (AvgIpc) is 2.93. The van der Waals surface area contributed by atoms with Gasteiger partial charge >= 0.3 is 0 Å². The molecule has 0 amide bonds. The molecule has 2 fully saturated rings. The molecule has 0 bridgehead atoms. The second-order valence-electron chi connectivity index (χ2n) is 6.33. The lowest BCUT2D eigenvalue weighted by molar-refractivity contribution is -0.103. The molecule has 1 N–H and O–H groups in total. The summed E-state index contributed by atoms with van der Waals surface area (Å²) in [5, 5.41) is 3.66. The molecule has 2 aliphatic rings. The Morgan fingerprint density at radius 1 is 1.48 bits per heavy atom. The van der Waals surface area contributed by atoms with Crippen molar-refractivity contribution in [1.82, 2.24) is 10.3 Å². The Morgan fingerprint density at radius 2 is 2.38 bits per heavy atom. The van der Waals surface area contributed by atoms with Crippen LogP contribution < -0.4 is 5.32 Å². The molecular weight excluding hydrogens is 264 g/mol. The van der Waals surface area contributed by atoms with Crippen molar-refractivity contribution in [2.75, 3.05) is 26.4 Å². The van der Waals surface area contributed by atoms with Gasteiger partial charge in [-0.25, -0.2) is 0 Å². The van der Waals surface area contributed by atoms with Gasteiger partial charge < -0.3 is 14.8 Å². The Hall–Kier alpha value is -0.970. The van der Waals surface area contributed by atoms with Crippen LogP contribution in [0.2, 0.25) is 0 Å². The monoisotopic (exact) mass is 290 g/mol. The highest BCUT2D eigenvalue weighted by molar-refractivity contribution is 5.22. The van der Waals surface area contributed by atoms with E-state index < -0.39 is 0 Å². The predicted molar refractivity (Wildman–Crippen MR) is 82.2 cm³/mol. The minimum Gasteiger partial charge on any atom is -0.378 e. The van der Waals surface area contributed by atoms with Gasteiger partial charge in [-0.15, -0.1) is 0 Å². The van der Waals surface area contributed by atoms with Crippen LogP contribution in [0.5, 0.6) is 0 Å². The van der Waals surface area contributed by atoms with Crippen molar-refractivity contribution in [2.45, 2.75) is 44.8 Å². The van der Waals surface area contributed by atoms with Crippen LogP contribution in [0.1, 0.15) is 43.5 Å². The molecular formula is C17H26N2O2. The number of hydrogen-bond acceptors (Lipinski definition) is 4. The predicted octanol–water partition coefficient (Wildman–Crippen LogP) is 2.63. The molecule has 116 valence electrons. The zero-order valence-corrected chi connectivity index (χ0v) is 13.1. The summed E-state index contributed by atoms with van der Waals surface area (Å²) in [6, 6.07) is 4.48. The minimum atomic E-state index is -0.0424. The summed E-state index contributed by atoms with van der Waals surface area (Å²) in [6.45, 7) is 7.70. The van der Waals surface area contributed by atoms with Crippen molar-refractivity contribution in [2.24, 2.45) is 5.92 Å². The molecule has 1 aromatic heterocycles. The fourth-order valence-corrected chi connectivity index (χ4v) is 3.74. The van der Waals surface area contributed by atoms with E-state index in [-0.39, 0.29) is 5.60 Å². The second kappa shape index (κ2) is 6.42. The summed E-state index contributed by atoms with van der Waals surface area (Å²) < 4.78 is 11.7. The van der Waals surface area contributed by atoms with E-state index in [0.717, 1.165) is 45.6 Å². The molecule has 0 radical (unpaired) electrons. The molecule has 0 aromatic carbocycles. The van der Waals surface area contributed by atoms with E-state index in [1.54, 1.807) is 0 Å². The zero-order valence-electron chi connectivity index (χ0n) is 13.1. The van der Waals surface area contributed by atoms with Gasteiger partial charge in [0.05, 0.1) is 23.9 Å².